The molecule has 94 valence electrons. The van der Waals surface area contributed by atoms with Gasteiger partial charge in [-0.1, -0.05) is 29.8 Å². The maximum Gasteiger partial charge on any atom is 0.138 e. The maximum atomic E-state index is 5.68. The molecule has 0 saturated carbocycles. The fraction of sp³-hybridized carbons (Fsp3) is 0.267. The second kappa shape index (κ2) is 6.17. The number of aryl methyl sites for hydroxylation is 1. The molecule has 0 atom stereocenters. The minimum absolute atomic E-state index is 0.577. The lowest BCUT2D eigenvalue weighted by molar-refractivity contribution is 0.305. The zero-order valence-corrected chi connectivity index (χ0v) is 10.8. The van der Waals surface area contributed by atoms with E-state index in [0.717, 1.165) is 18.0 Å². The first-order valence-corrected chi connectivity index (χ1v) is 6.06. The average Bonchev–Trinajstić information content (AvgIpc) is 2.40. The van der Waals surface area contributed by atoms with Crippen LogP contribution in [-0.4, -0.2) is 12.0 Å². The lowest BCUT2D eigenvalue weighted by atomic mass is 10.2. The van der Waals surface area contributed by atoms with Crippen LogP contribution in [0.4, 0.5) is 0 Å². The SMILES string of the molecule is CNCc1ccc(OCc2ccc(C)cc2)cn1. The summed E-state index contributed by atoms with van der Waals surface area (Å²) in [5, 5.41) is 3.06. The molecular weight excluding hydrogens is 224 g/mol. The van der Waals surface area contributed by atoms with Crippen LogP contribution in [0.15, 0.2) is 42.6 Å². The van der Waals surface area contributed by atoms with E-state index >= 15 is 0 Å². The molecule has 1 heterocycles. The van der Waals surface area contributed by atoms with Gasteiger partial charge in [-0.25, -0.2) is 0 Å². The second-order valence-corrected chi connectivity index (χ2v) is 4.29. The van der Waals surface area contributed by atoms with Crippen LogP contribution in [0.5, 0.6) is 5.75 Å². The molecule has 0 amide bonds. The fourth-order valence-corrected chi connectivity index (χ4v) is 1.63. The molecule has 0 bridgehead atoms. The third-order valence-electron chi connectivity index (χ3n) is 2.68. The average molecular weight is 242 g/mol. The van der Waals surface area contributed by atoms with Gasteiger partial charge < -0.3 is 10.1 Å². The molecule has 0 radical (unpaired) electrons. The Hall–Kier alpha value is -1.87. The highest BCUT2D eigenvalue weighted by molar-refractivity contribution is 5.23. The molecule has 1 aromatic heterocycles. The van der Waals surface area contributed by atoms with Gasteiger partial charge in [0.25, 0.3) is 0 Å². The summed E-state index contributed by atoms with van der Waals surface area (Å²) < 4.78 is 5.68. The molecule has 1 N–H and O–H groups in total. The summed E-state index contributed by atoms with van der Waals surface area (Å²) in [5.41, 5.74) is 3.44. The quantitative estimate of drug-likeness (QED) is 0.875. The first-order valence-electron chi connectivity index (χ1n) is 6.06. The van der Waals surface area contributed by atoms with E-state index in [1.165, 1.54) is 11.1 Å². The molecule has 0 fully saturated rings. The molecular formula is C15H18N2O. The number of benzene rings is 1. The molecule has 0 aliphatic carbocycles. The Morgan fingerprint density at radius 1 is 1.11 bits per heavy atom. The number of hydrogen-bond donors (Lipinski definition) is 1. The molecule has 0 spiro atoms. The van der Waals surface area contributed by atoms with Gasteiger partial charge in [0.15, 0.2) is 0 Å². The lowest BCUT2D eigenvalue weighted by Gasteiger charge is -2.07. The van der Waals surface area contributed by atoms with Crippen LogP contribution in [0.25, 0.3) is 0 Å². The minimum atomic E-state index is 0.577. The van der Waals surface area contributed by atoms with Crippen molar-refractivity contribution in [2.45, 2.75) is 20.1 Å². The van der Waals surface area contributed by atoms with Crippen LogP contribution in [0.1, 0.15) is 16.8 Å². The third-order valence-corrected chi connectivity index (χ3v) is 2.68. The summed E-state index contributed by atoms with van der Waals surface area (Å²) in [6.45, 7) is 3.43. The summed E-state index contributed by atoms with van der Waals surface area (Å²) >= 11 is 0. The molecule has 0 aliphatic heterocycles. The summed E-state index contributed by atoms with van der Waals surface area (Å²) in [4.78, 5) is 4.31. The molecule has 3 heteroatoms. The normalized spacial score (nSPS) is 10.3. The number of nitrogens with zero attached hydrogens (tertiary/aromatic N) is 1. The number of nitrogens with one attached hydrogen (secondary N) is 1. The Kier molecular flexibility index (Phi) is 4.31. The van der Waals surface area contributed by atoms with E-state index in [-0.39, 0.29) is 0 Å². The van der Waals surface area contributed by atoms with E-state index in [2.05, 4.69) is 41.5 Å². The summed E-state index contributed by atoms with van der Waals surface area (Å²) in [6, 6.07) is 12.3. The highest BCUT2D eigenvalue weighted by Gasteiger charge is 1.97. The highest BCUT2D eigenvalue weighted by Crippen LogP contribution is 2.12. The van der Waals surface area contributed by atoms with Crippen molar-refractivity contribution in [2.75, 3.05) is 7.05 Å². The fourth-order valence-electron chi connectivity index (χ4n) is 1.63. The predicted molar refractivity (Wildman–Crippen MR) is 72.5 cm³/mol. The van der Waals surface area contributed by atoms with Crippen molar-refractivity contribution in [3.63, 3.8) is 0 Å². The van der Waals surface area contributed by atoms with Gasteiger partial charge >= 0.3 is 0 Å². The van der Waals surface area contributed by atoms with Gasteiger partial charge in [0.05, 0.1) is 11.9 Å². The largest absolute Gasteiger partial charge is 0.487 e. The van der Waals surface area contributed by atoms with Crippen LogP contribution in [0.2, 0.25) is 0 Å². The molecule has 18 heavy (non-hydrogen) atoms. The summed E-state index contributed by atoms with van der Waals surface area (Å²) in [6.07, 6.45) is 1.76. The zero-order chi connectivity index (χ0) is 12.8. The number of pyridine rings is 1. The number of aromatic nitrogens is 1. The van der Waals surface area contributed by atoms with Gasteiger partial charge in [0.2, 0.25) is 0 Å². The Bertz CT molecular complexity index is 477. The molecule has 0 aliphatic rings. The number of ether oxygens (including phenoxy) is 1. The molecule has 2 aromatic rings. The minimum Gasteiger partial charge on any atom is -0.487 e. The smallest absolute Gasteiger partial charge is 0.138 e. The first-order chi connectivity index (χ1) is 8.78. The molecule has 0 unspecified atom stereocenters. The maximum absolute atomic E-state index is 5.68. The van der Waals surface area contributed by atoms with E-state index in [9.17, 15) is 0 Å². The zero-order valence-electron chi connectivity index (χ0n) is 10.8. The van der Waals surface area contributed by atoms with Gasteiger partial charge in [-0.3, -0.25) is 4.98 Å². The van der Waals surface area contributed by atoms with Crippen molar-refractivity contribution in [1.29, 1.82) is 0 Å². The van der Waals surface area contributed by atoms with Crippen LogP contribution >= 0.6 is 0 Å². The van der Waals surface area contributed by atoms with Gasteiger partial charge in [-0.15, -0.1) is 0 Å². The van der Waals surface area contributed by atoms with Crippen LogP contribution in [-0.2, 0) is 13.2 Å². The van der Waals surface area contributed by atoms with Crippen molar-refractivity contribution in [1.82, 2.24) is 10.3 Å². The Morgan fingerprint density at radius 2 is 1.89 bits per heavy atom. The van der Waals surface area contributed by atoms with E-state index in [4.69, 9.17) is 4.74 Å². The Morgan fingerprint density at radius 3 is 2.50 bits per heavy atom. The van der Waals surface area contributed by atoms with E-state index in [0.29, 0.717) is 6.61 Å². The predicted octanol–water partition coefficient (Wildman–Crippen LogP) is 2.69. The Balaban J connectivity index is 1.91. The molecule has 1 aromatic carbocycles. The molecule has 2 rings (SSSR count). The van der Waals surface area contributed by atoms with Crippen LogP contribution in [0.3, 0.4) is 0 Å². The monoisotopic (exact) mass is 242 g/mol. The van der Waals surface area contributed by atoms with Crippen molar-refractivity contribution < 1.29 is 4.74 Å². The van der Waals surface area contributed by atoms with Crippen molar-refractivity contribution in [3.8, 4) is 5.75 Å². The number of hydrogen-bond acceptors (Lipinski definition) is 3. The van der Waals surface area contributed by atoms with Crippen molar-refractivity contribution in [2.24, 2.45) is 0 Å². The Labute approximate surface area is 108 Å². The first kappa shape index (κ1) is 12.6. The lowest BCUT2D eigenvalue weighted by Crippen LogP contribution is -2.06. The van der Waals surface area contributed by atoms with Gasteiger partial charge in [-0.2, -0.15) is 0 Å². The van der Waals surface area contributed by atoms with Crippen molar-refractivity contribution in [3.05, 3.63) is 59.4 Å². The van der Waals surface area contributed by atoms with E-state index in [1.54, 1.807) is 6.20 Å². The molecule has 0 saturated heterocycles. The highest BCUT2D eigenvalue weighted by atomic mass is 16.5. The summed E-state index contributed by atoms with van der Waals surface area (Å²) in [7, 11) is 1.91. The summed E-state index contributed by atoms with van der Waals surface area (Å²) in [5.74, 6) is 0.801. The number of rotatable bonds is 5. The van der Waals surface area contributed by atoms with Gasteiger partial charge in [-0.05, 0) is 31.7 Å². The van der Waals surface area contributed by atoms with Gasteiger partial charge in [0, 0.05) is 6.54 Å². The topological polar surface area (TPSA) is 34.1 Å². The van der Waals surface area contributed by atoms with E-state index < -0.39 is 0 Å². The second-order valence-electron chi connectivity index (χ2n) is 4.29. The van der Waals surface area contributed by atoms with E-state index in [1.807, 2.05) is 19.2 Å². The van der Waals surface area contributed by atoms with Crippen molar-refractivity contribution >= 4 is 0 Å². The van der Waals surface area contributed by atoms with Crippen LogP contribution in [0, 0.1) is 6.92 Å². The van der Waals surface area contributed by atoms with Crippen LogP contribution < -0.4 is 10.1 Å². The molecule has 3 nitrogen and oxygen atoms in total. The van der Waals surface area contributed by atoms with Gasteiger partial charge in [0.1, 0.15) is 12.4 Å². The third kappa shape index (κ3) is 3.57. The standard InChI is InChI=1S/C15H18N2O/c1-12-3-5-13(6-4-12)11-18-15-8-7-14(9-16-2)17-10-15/h3-8,10,16H,9,11H2,1-2H3.